The minimum atomic E-state index is 0.149. The Morgan fingerprint density at radius 2 is 2.05 bits per heavy atom. The first-order valence-electron chi connectivity index (χ1n) is 7.81. The maximum Gasteiger partial charge on any atom is 0.239 e. The maximum absolute atomic E-state index is 12.2. The van der Waals surface area contributed by atoms with E-state index >= 15 is 0 Å². The lowest BCUT2D eigenvalue weighted by atomic mass is 9.98. The van der Waals surface area contributed by atoms with Crippen LogP contribution in [0, 0.1) is 5.92 Å². The summed E-state index contributed by atoms with van der Waals surface area (Å²) < 4.78 is 0. The molecule has 0 bridgehead atoms. The van der Waals surface area contributed by atoms with E-state index in [0.717, 1.165) is 32.6 Å². The molecule has 2 rings (SSSR count). The molecule has 2 fully saturated rings. The van der Waals surface area contributed by atoms with E-state index in [1.165, 1.54) is 19.3 Å². The van der Waals surface area contributed by atoms with E-state index in [1.54, 1.807) is 0 Å². The van der Waals surface area contributed by atoms with E-state index in [0.29, 0.717) is 17.9 Å². The average Bonchev–Trinajstić information content (AvgIpc) is 2.70. The third kappa shape index (κ3) is 3.69. The molecule has 0 saturated carbocycles. The van der Waals surface area contributed by atoms with Gasteiger partial charge in [0.05, 0.1) is 6.04 Å². The third-order valence-electron chi connectivity index (χ3n) is 4.40. The average molecular weight is 267 g/mol. The van der Waals surface area contributed by atoms with Crippen LogP contribution < -0.4 is 5.32 Å². The minimum Gasteiger partial charge on any atom is -0.344 e. The molecule has 19 heavy (non-hydrogen) atoms. The standard InChI is InChI=1S/C15H29N3O/c1-12(2)10-16-11-13-6-4-5-8-18(13)14-7-9-17(3)15(14)19/h12-14,16H,4-11H2,1-3H3. The summed E-state index contributed by atoms with van der Waals surface area (Å²) in [5, 5.41) is 3.57. The predicted molar refractivity (Wildman–Crippen MR) is 78.1 cm³/mol. The van der Waals surface area contributed by atoms with Crippen LogP contribution in [0.25, 0.3) is 0 Å². The van der Waals surface area contributed by atoms with Crippen molar-refractivity contribution in [1.82, 2.24) is 15.1 Å². The van der Waals surface area contributed by atoms with Gasteiger partial charge < -0.3 is 10.2 Å². The number of hydrogen-bond acceptors (Lipinski definition) is 3. The molecule has 1 N–H and O–H groups in total. The molecule has 2 unspecified atom stereocenters. The molecule has 0 spiro atoms. The molecule has 2 saturated heterocycles. The van der Waals surface area contributed by atoms with Crippen molar-refractivity contribution >= 4 is 5.91 Å². The Morgan fingerprint density at radius 3 is 2.68 bits per heavy atom. The summed E-state index contributed by atoms with van der Waals surface area (Å²) in [6.45, 7) is 8.60. The van der Waals surface area contributed by atoms with Gasteiger partial charge >= 0.3 is 0 Å². The molecule has 2 atom stereocenters. The number of likely N-dealkylation sites (tertiary alicyclic amines) is 2. The highest BCUT2D eigenvalue weighted by Crippen LogP contribution is 2.24. The van der Waals surface area contributed by atoms with Gasteiger partial charge in [0, 0.05) is 26.2 Å². The predicted octanol–water partition coefficient (Wildman–Crippen LogP) is 1.32. The lowest BCUT2D eigenvalue weighted by molar-refractivity contribution is -0.132. The van der Waals surface area contributed by atoms with Crippen LogP contribution in [0.1, 0.15) is 39.5 Å². The molecule has 0 aromatic carbocycles. The summed E-state index contributed by atoms with van der Waals surface area (Å²) in [7, 11) is 1.93. The Balaban J connectivity index is 1.90. The second-order valence-electron chi connectivity index (χ2n) is 6.50. The van der Waals surface area contributed by atoms with E-state index in [1.807, 2.05) is 11.9 Å². The van der Waals surface area contributed by atoms with E-state index in [9.17, 15) is 4.79 Å². The number of likely N-dealkylation sites (N-methyl/N-ethyl adjacent to an activating group) is 1. The fraction of sp³-hybridized carbons (Fsp3) is 0.933. The summed E-state index contributed by atoms with van der Waals surface area (Å²) >= 11 is 0. The topological polar surface area (TPSA) is 35.6 Å². The fourth-order valence-corrected chi connectivity index (χ4v) is 3.30. The van der Waals surface area contributed by atoms with Crippen molar-refractivity contribution < 1.29 is 4.79 Å². The quantitative estimate of drug-likeness (QED) is 0.816. The highest BCUT2D eigenvalue weighted by atomic mass is 16.2. The lowest BCUT2D eigenvalue weighted by Gasteiger charge is -2.39. The van der Waals surface area contributed by atoms with Gasteiger partial charge in [-0.1, -0.05) is 20.3 Å². The van der Waals surface area contributed by atoms with E-state index in [-0.39, 0.29) is 6.04 Å². The number of amides is 1. The molecule has 0 aliphatic carbocycles. The van der Waals surface area contributed by atoms with Gasteiger partial charge in [-0.25, -0.2) is 0 Å². The van der Waals surface area contributed by atoms with Gasteiger partial charge in [0.2, 0.25) is 5.91 Å². The molecular weight excluding hydrogens is 238 g/mol. The highest BCUT2D eigenvalue weighted by Gasteiger charge is 2.38. The number of carbonyl (C=O) groups is 1. The highest BCUT2D eigenvalue weighted by molar-refractivity contribution is 5.83. The number of hydrogen-bond donors (Lipinski definition) is 1. The molecule has 0 aromatic rings. The maximum atomic E-state index is 12.2. The smallest absolute Gasteiger partial charge is 0.239 e. The zero-order chi connectivity index (χ0) is 13.8. The first-order valence-corrected chi connectivity index (χ1v) is 7.81. The van der Waals surface area contributed by atoms with Crippen LogP contribution in [-0.4, -0.2) is 61.0 Å². The molecule has 110 valence electrons. The molecular formula is C15H29N3O. The van der Waals surface area contributed by atoms with Crippen LogP contribution in [0.15, 0.2) is 0 Å². The largest absolute Gasteiger partial charge is 0.344 e. The van der Waals surface area contributed by atoms with Crippen molar-refractivity contribution in [3.05, 3.63) is 0 Å². The zero-order valence-corrected chi connectivity index (χ0v) is 12.7. The number of nitrogens with one attached hydrogen (secondary N) is 1. The van der Waals surface area contributed by atoms with Gasteiger partial charge in [-0.15, -0.1) is 0 Å². The molecule has 4 nitrogen and oxygen atoms in total. The van der Waals surface area contributed by atoms with Crippen molar-refractivity contribution in [3.63, 3.8) is 0 Å². The van der Waals surface area contributed by atoms with Crippen molar-refractivity contribution in [3.8, 4) is 0 Å². The van der Waals surface area contributed by atoms with Crippen molar-refractivity contribution in [2.24, 2.45) is 5.92 Å². The molecule has 2 aliphatic heterocycles. The summed E-state index contributed by atoms with van der Waals surface area (Å²) in [5.74, 6) is 1.02. The molecule has 1 amide bonds. The van der Waals surface area contributed by atoms with Gasteiger partial charge in [0.15, 0.2) is 0 Å². The van der Waals surface area contributed by atoms with E-state index < -0.39 is 0 Å². The summed E-state index contributed by atoms with van der Waals surface area (Å²) in [6, 6.07) is 0.698. The number of rotatable bonds is 5. The monoisotopic (exact) mass is 267 g/mol. The molecule has 2 heterocycles. The van der Waals surface area contributed by atoms with Gasteiger partial charge in [-0.3, -0.25) is 9.69 Å². The molecule has 0 aromatic heterocycles. The van der Waals surface area contributed by atoms with Gasteiger partial charge in [-0.05, 0) is 38.3 Å². The van der Waals surface area contributed by atoms with Crippen molar-refractivity contribution in [2.45, 2.75) is 51.6 Å². The fourth-order valence-electron chi connectivity index (χ4n) is 3.30. The van der Waals surface area contributed by atoms with E-state index in [4.69, 9.17) is 0 Å². The summed E-state index contributed by atoms with van der Waals surface area (Å²) in [4.78, 5) is 16.6. The normalized spacial score (nSPS) is 29.5. The second kappa shape index (κ2) is 6.71. The molecule has 4 heteroatoms. The van der Waals surface area contributed by atoms with Gasteiger partial charge in [0.25, 0.3) is 0 Å². The third-order valence-corrected chi connectivity index (χ3v) is 4.40. The van der Waals surface area contributed by atoms with Crippen LogP contribution >= 0.6 is 0 Å². The first-order chi connectivity index (χ1) is 9.09. The first kappa shape index (κ1) is 14.8. The number of carbonyl (C=O) groups excluding carboxylic acids is 1. The van der Waals surface area contributed by atoms with Crippen LogP contribution in [0.2, 0.25) is 0 Å². The molecule has 0 radical (unpaired) electrons. The Hall–Kier alpha value is -0.610. The number of nitrogens with zero attached hydrogens (tertiary/aromatic N) is 2. The molecule has 2 aliphatic rings. The van der Waals surface area contributed by atoms with Crippen LogP contribution in [-0.2, 0) is 4.79 Å². The van der Waals surface area contributed by atoms with Crippen molar-refractivity contribution in [1.29, 1.82) is 0 Å². The summed E-state index contributed by atoms with van der Waals surface area (Å²) in [6.07, 6.45) is 4.80. The SMILES string of the molecule is CC(C)CNCC1CCCCN1C1CCN(C)C1=O. The Labute approximate surface area is 117 Å². The Bertz CT molecular complexity index is 306. The summed E-state index contributed by atoms with van der Waals surface area (Å²) in [5.41, 5.74) is 0. The van der Waals surface area contributed by atoms with Crippen LogP contribution in [0.5, 0.6) is 0 Å². The Morgan fingerprint density at radius 1 is 1.26 bits per heavy atom. The van der Waals surface area contributed by atoms with E-state index in [2.05, 4.69) is 24.1 Å². The minimum absolute atomic E-state index is 0.149. The van der Waals surface area contributed by atoms with Gasteiger partial charge in [-0.2, -0.15) is 0 Å². The van der Waals surface area contributed by atoms with Crippen molar-refractivity contribution in [2.75, 3.05) is 33.2 Å². The van der Waals surface area contributed by atoms with Gasteiger partial charge in [0.1, 0.15) is 0 Å². The Kier molecular flexibility index (Phi) is 5.22. The second-order valence-corrected chi connectivity index (χ2v) is 6.50. The van der Waals surface area contributed by atoms with Crippen LogP contribution in [0.3, 0.4) is 0 Å². The lowest BCUT2D eigenvalue weighted by Crippen LogP contribution is -2.53. The number of piperidine rings is 1. The zero-order valence-electron chi connectivity index (χ0n) is 12.7. The van der Waals surface area contributed by atoms with Crippen LogP contribution in [0.4, 0.5) is 0 Å².